The average Bonchev–Trinajstić information content (AvgIpc) is 3.30. The first-order chi connectivity index (χ1) is 16.9. The van der Waals surface area contributed by atoms with Crippen LogP contribution < -0.4 is 15.7 Å². The zero-order valence-corrected chi connectivity index (χ0v) is 22.5. The Morgan fingerprint density at radius 3 is 2.11 bits per heavy atom. The number of nitrogens with one attached hydrogen (secondary N) is 1. The highest BCUT2D eigenvalue weighted by molar-refractivity contribution is 7.13. The lowest BCUT2D eigenvalue weighted by molar-refractivity contribution is 0.312. The first-order valence-corrected chi connectivity index (χ1v) is 14.6. The largest absolute Gasteiger partial charge is 0.406 e. The summed E-state index contributed by atoms with van der Waals surface area (Å²) in [6.07, 6.45) is 0. The average molecular weight is 498 g/mol. The Labute approximate surface area is 213 Å². The lowest BCUT2D eigenvalue weighted by Crippen LogP contribution is -2.66. The van der Waals surface area contributed by atoms with Crippen molar-refractivity contribution in [3.05, 3.63) is 95.6 Å². The molecule has 0 radical (unpaired) electrons. The fourth-order valence-electron chi connectivity index (χ4n) is 4.66. The van der Waals surface area contributed by atoms with Gasteiger partial charge in [0.05, 0.1) is 33.9 Å². The quantitative estimate of drug-likeness (QED) is 0.240. The van der Waals surface area contributed by atoms with E-state index in [1.165, 1.54) is 10.4 Å². The molecule has 1 N–H and O–H groups in total. The van der Waals surface area contributed by atoms with E-state index >= 15 is 0 Å². The molecule has 0 atom stereocenters. The van der Waals surface area contributed by atoms with Crippen LogP contribution in [0, 0.1) is 18.3 Å². The van der Waals surface area contributed by atoms with E-state index in [-0.39, 0.29) is 5.04 Å². The molecule has 0 saturated carbocycles. The molecule has 0 saturated heterocycles. The Morgan fingerprint density at radius 1 is 0.971 bits per heavy atom. The normalized spacial score (nSPS) is 11.7. The fraction of sp³-hybridized carbons (Fsp3) is 0.241. The van der Waals surface area contributed by atoms with Crippen LogP contribution >= 0.6 is 11.3 Å². The van der Waals surface area contributed by atoms with Crippen molar-refractivity contribution in [1.29, 1.82) is 5.26 Å². The van der Waals surface area contributed by atoms with E-state index in [4.69, 9.17) is 4.43 Å². The molecule has 0 aliphatic rings. The minimum absolute atomic E-state index is 0.0723. The van der Waals surface area contributed by atoms with E-state index in [9.17, 15) is 5.26 Å². The van der Waals surface area contributed by atoms with Crippen molar-refractivity contribution in [1.82, 2.24) is 4.98 Å². The smallest absolute Gasteiger partial charge is 0.261 e. The Kier molecular flexibility index (Phi) is 7.51. The fourth-order valence-corrected chi connectivity index (χ4v) is 10.0. The lowest BCUT2D eigenvalue weighted by Gasteiger charge is -2.43. The summed E-state index contributed by atoms with van der Waals surface area (Å²) in [7, 11) is -2.58. The number of hydrogen-bond acceptors (Lipinski definition) is 5. The standard InChI is InChI=1S/C29H31N3OSSi/c1-22-28(34-21-32-22)23-15-16-24(20-30)27(19-23)31-17-18-33-35(29(2,3)4,25-11-7-5-8-12-25)26-13-9-6-10-14-26/h5-16,19,21,31H,17-18H2,1-4H3. The lowest BCUT2D eigenvalue weighted by atomic mass is 10.1. The number of thiazole rings is 1. The van der Waals surface area contributed by atoms with Crippen LogP contribution in [0.5, 0.6) is 0 Å². The number of rotatable bonds is 8. The molecule has 35 heavy (non-hydrogen) atoms. The number of nitrogens with zero attached hydrogens (tertiary/aromatic N) is 2. The van der Waals surface area contributed by atoms with Gasteiger partial charge in [0.15, 0.2) is 0 Å². The monoisotopic (exact) mass is 497 g/mol. The molecular weight excluding hydrogens is 466 g/mol. The summed E-state index contributed by atoms with van der Waals surface area (Å²) in [5.74, 6) is 0. The van der Waals surface area contributed by atoms with E-state index < -0.39 is 8.32 Å². The molecule has 0 spiro atoms. The van der Waals surface area contributed by atoms with E-state index in [0.29, 0.717) is 18.7 Å². The number of hydrogen-bond donors (Lipinski definition) is 1. The van der Waals surface area contributed by atoms with E-state index in [2.05, 4.69) is 97.8 Å². The highest BCUT2D eigenvalue weighted by Gasteiger charge is 2.49. The van der Waals surface area contributed by atoms with Crippen molar-refractivity contribution in [2.45, 2.75) is 32.7 Å². The number of nitriles is 1. The van der Waals surface area contributed by atoms with Gasteiger partial charge in [-0.05, 0) is 40.0 Å². The summed E-state index contributed by atoms with van der Waals surface area (Å²) >= 11 is 1.61. The molecule has 0 fully saturated rings. The highest BCUT2D eigenvalue weighted by Crippen LogP contribution is 2.37. The van der Waals surface area contributed by atoms with Crippen LogP contribution in [-0.2, 0) is 4.43 Å². The van der Waals surface area contributed by atoms with Crippen molar-refractivity contribution < 1.29 is 4.43 Å². The molecule has 0 aliphatic heterocycles. The Hall–Kier alpha value is -3.24. The molecule has 178 valence electrons. The number of aromatic nitrogens is 1. The molecule has 0 bridgehead atoms. The molecule has 3 aromatic carbocycles. The number of anilines is 1. The van der Waals surface area contributed by atoms with Crippen molar-refractivity contribution in [2.24, 2.45) is 0 Å². The van der Waals surface area contributed by atoms with Crippen LogP contribution in [0.1, 0.15) is 32.0 Å². The first-order valence-electron chi connectivity index (χ1n) is 11.8. The van der Waals surface area contributed by atoms with Gasteiger partial charge in [0.2, 0.25) is 0 Å². The molecule has 4 rings (SSSR count). The summed E-state index contributed by atoms with van der Waals surface area (Å²) in [5.41, 5.74) is 5.37. The molecule has 0 unspecified atom stereocenters. The predicted molar refractivity (Wildman–Crippen MR) is 149 cm³/mol. The topological polar surface area (TPSA) is 57.9 Å². The summed E-state index contributed by atoms with van der Waals surface area (Å²) in [4.78, 5) is 5.49. The van der Waals surface area contributed by atoms with Gasteiger partial charge in [0, 0.05) is 6.54 Å². The Balaban J connectivity index is 1.60. The third-order valence-electron chi connectivity index (χ3n) is 6.30. The van der Waals surface area contributed by atoms with Crippen LogP contribution in [0.3, 0.4) is 0 Å². The minimum Gasteiger partial charge on any atom is -0.406 e. The van der Waals surface area contributed by atoms with Gasteiger partial charge in [0.25, 0.3) is 8.32 Å². The first kappa shape index (κ1) is 24.9. The molecule has 4 nitrogen and oxygen atoms in total. The minimum atomic E-state index is -2.58. The Bertz CT molecular complexity index is 1270. The molecule has 1 heterocycles. The van der Waals surface area contributed by atoms with Gasteiger partial charge in [-0.2, -0.15) is 5.26 Å². The van der Waals surface area contributed by atoms with Crippen molar-refractivity contribution in [3.63, 3.8) is 0 Å². The molecule has 4 aromatic rings. The predicted octanol–water partition coefficient (Wildman–Crippen LogP) is 5.98. The summed E-state index contributed by atoms with van der Waals surface area (Å²) < 4.78 is 6.97. The summed E-state index contributed by atoms with van der Waals surface area (Å²) in [6.45, 7) is 9.98. The highest BCUT2D eigenvalue weighted by atomic mass is 32.1. The molecule has 1 aromatic heterocycles. The van der Waals surface area contributed by atoms with Crippen LogP contribution in [0.15, 0.2) is 84.4 Å². The van der Waals surface area contributed by atoms with Gasteiger partial charge in [-0.25, -0.2) is 4.98 Å². The SMILES string of the molecule is Cc1ncsc1-c1ccc(C#N)c(NCCO[Si](c2ccccc2)(c2ccccc2)C(C)(C)C)c1. The van der Waals surface area contributed by atoms with Gasteiger partial charge < -0.3 is 9.74 Å². The maximum atomic E-state index is 9.66. The van der Waals surface area contributed by atoms with Crippen molar-refractivity contribution in [3.8, 4) is 16.5 Å². The molecule has 0 aliphatic carbocycles. The number of benzene rings is 3. The Morgan fingerprint density at radius 2 is 1.60 bits per heavy atom. The van der Waals surface area contributed by atoms with Gasteiger partial charge in [-0.15, -0.1) is 11.3 Å². The molecule has 0 amide bonds. The second-order valence-corrected chi connectivity index (χ2v) is 14.7. The van der Waals surface area contributed by atoms with Crippen molar-refractivity contribution in [2.75, 3.05) is 18.5 Å². The van der Waals surface area contributed by atoms with E-state index in [1.807, 2.05) is 30.6 Å². The van der Waals surface area contributed by atoms with Crippen LogP contribution in [0.4, 0.5) is 5.69 Å². The second kappa shape index (κ2) is 10.6. The third-order valence-corrected chi connectivity index (χ3v) is 12.3. The molecule has 6 heteroatoms. The zero-order valence-electron chi connectivity index (χ0n) is 20.7. The molecular formula is C29H31N3OSSi. The second-order valence-electron chi connectivity index (χ2n) is 9.58. The third kappa shape index (κ3) is 5.08. The van der Waals surface area contributed by atoms with Crippen LogP contribution in [-0.4, -0.2) is 26.5 Å². The van der Waals surface area contributed by atoms with Gasteiger partial charge in [-0.1, -0.05) is 87.5 Å². The maximum Gasteiger partial charge on any atom is 0.261 e. The van der Waals surface area contributed by atoms with Crippen molar-refractivity contribution >= 4 is 35.7 Å². The zero-order chi connectivity index (χ0) is 24.9. The summed E-state index contributed by atoms with van der Waals surface area (Å²) in [6, 6.07) is 29.5. The van der Waals surface area contributed by atoms with Gasteiger partial charge >= 0.3 is 0 Å². The van der Waals surface area contributed by atoms with E-state index in [1.54, 1.807) is 11.3 Å². The summed E-state index contributed by atoms with van der Waals surface area (Å²) in [5, 5.41) is 15.6. The van der Waals surface area contributed by atoms with Gasteiger partial charge in [0.1, 0.15) is 6.07 Å². The van der Waals surface area contributed by atoms with Crippen LogP contribution in [0.2, 0.25) is 5.04 Å². The van der Waals surface area contributed by atoms with Crippen LogP contribution in [0.25, 0.3) is 10.4 Å². The number of aryl methyl sites for hydroxylation is 1. The maximum absolute atomic E-state index is 9.66. The van der Waals surface area contributed by atoms with Gasteiger partial charge in [-0.3, -0.25) is 0 Å². The van der Waals surface area contributed by atoms with E-state index in [0.717, 1.165) is 21.8 Å².